The normalized spacial score (nSPS) is 25.0. The number of hydrogen-bond acceptors (Lipinski definition) is 5. The number of benzene rings is 1. The molecule has 7 nitrogen and oxygen atoms in total. The molecule has 1 aromatic rings. The summed E-state index contributed by atoms with van der Waals surface area (Å²) in [6.45, 7) is 2.06. The fourth-order valence-corrected chi connectivity index (χ4v) is 3.57. The second-order valence-corrected chi connectivity index (χ2v) is 6.78. The molecule has 140 valence electrons. The van der Waals surface area contributed by atoms with E-state index in [9.17, 15) is 14.4 Å². The molecular weight excluding hydrogens is 334 g/mol. The fourth-order valence-electron chi connectivity index (χ4n) is 3.57. The number of nitrogens with one attached hydrogen (secondary N) is 3. The number of piperazine rings is 1. The molecule has 2 fully saturated rings. The van der Waals surface area contributed by atoms with Crippen molar-refractivity contribution in [1.82, 2.24) is 10.6 Å². The van der Waals surface area contributed by atoms with Crippen molar-refractivity contribution in [2.75, 3.05) is 11.9 Å². The number of carbonyl (C=O) groups excluding carboxylic acids is 3. The van der Waals surface area contributed by atoms with E-state index in [1.165, 1.54) is 0 Å². The second kappa shape index (κ2) is 8.31. The van der Waals surface area contributed by atoms with Gasteiger partial charge in [-0.3, -0.25) is 9.59 Å². The molecular formula is C19H25N3O4. The van der Waals surface area contributed by atoms with Gasteiger partial charge in [-0.15, -0.1) is 0 Å². The average Bonchev–Trinajstić information content (AvgIpc) is 2.63. The lowest BCUT2D eigenvalue weighted by atomic mass is 9.87. The van der Waals surface area contributed by atoms with Gasteiger partial charge in [-0.1, -0.05) is 12.8 Å². The van der Waals surface area contributed by atoms with E-state index in [0.717, 1.165) is 25.7 Å². The highest BCUT2D eigenvalue weighted by molar-refractivity contribution is 5.96. The van der Waals surface area contributed by atoms with Gasteiger partial charge in [0.2, 0.25) is 11.8 Å². The highest BCUT2D eigenvalue weighted by Gasteiger charge is 2.36. The van der Waals surface area contributed by atoms with Gasteiger partial charge in [0.15, 0.2) is 0 Å². The lowest BCUT2D eigenvalue weighted by molar-refractivity contribution is -0.129. The predicted octanol–water partition coefficient (Wildman–Crippen LogP) is 1.59. The minimum Gasteiger partial charge on any atom is -0.462 e. The van der Waals surface area contributed by atoms with Crippen molar-refractivity contribution in [3.05, 3.63) is 29.8 Å². The average molecular weight is 359 g/mol. The van der Waals surface area contributed by atoms with Gasteiger partial charge in [0.25, 0.3) is 0 Å². The number of rotatable bonds is 5. The Morgan fingerprint density at radius 3 is 2.54 bits per heavy atom. The number of fused-ring (bicyclic) bond motifs is 1. The number of ether oxygens (including phenoxy) is 1. The number of carbonyl (C=O) groups is 3. The summed E-state index contributed by atoms with van der Waals surface area (Å²) in [5.74, 6) is -0.743. The van der Waals surface area contributed by atoms with Crippen LogP contribution in [0, 0.1) is 0 Å². The van der Waals surface area contributed by atoms with Crippen LogP contribution in [0.5, 0.6) is 0 Å². The first-order valence-corrected chi connectivity index (χ1v) is 9.20. The molecule has 1 aromatic carbocycles. The first-order valence-electron chi connectivity index (χ1n) is 9.20. The standard InChI is InChI=1S/C19H25N3O4/c1-2-26-19(25)12-7-9-13(10-8-12)20-17(23)11-16-18(24)22-15-6-4-3-5-14(15)21-16/h7-10,14-16,21H,2-6,11H2,1H3,(H,20,23)(H,22,24)/t14-,15+,16-/m0/s1. The van der Waals surface area contributed by atoms with Crippen molar-refractivity contribution in [3.63, 3.8) is 0 Å². The Hall–Kier alpha value is -2.41. The lowest BCUT2D eigenvalue weighted by Crippen LogP contribution is -2.65. The maximum atomic E-state index is 12.3. The van der Waals surface area contributed by atoms with E-state index in [4.69, 9.17) is 4.74 Å². The molecule has 0 bridgehead atoms. The SMILES string of the molecule is CCOC(=O)c1ccc(NC(=O)C[C@@H]2N[C@H]3CCCC[C@H]3NC2=O)cc1. The smallest absolute Gasteiger partial charge is 0.338 e. The highest BCUT2D eigenvalue weighted by Crippen LogP contribution is 2.22. The third kappa shape index (κ3) is 4.40. The van der Waals surface area contributed by atoms with Gasteiger partial charge >= 0.3 is 5.97 Å². The molecule has 2 amide bonds. The van der Waals surface area contributed by atoms with Crippen LogP contribution in [0.25, 0.3) is 0 Å². The van der Waals surface area contributed by atoms with Crippen LogP contribution in [0.1, 0.15) is 49.4 Å². The number of hydrogen-bond donors (Lipinski definition) is 3. The van der Waals surface area contributed by atoms with Crippen LogP contribution in [0.15, 0.2) is 24.3 Å². The molecule has 7 heteroatoms. The molecule has 1 saturated carbocycles. The summed E-state index contributed by atoms with van der Waals surface area (Å²) in [7, 11) is 0. The molecule has 1 saturated heterocycles. The minimum absolute atomic E-state index is 0.0781. The summed E-state index contributed by atoms with van der Waals surface area (Å²) in [4.78, 5) is 36.1. The van der Waals surface area contributed by atoms with Gasteiger partial charge in [0.05, 0.1) is 24.6 Å². The summed E-state index contributed by atoms with van der Waals surface area (Å²) in [6.07, 6.45) is 4.38. The molecule has 1 heterocycles. The van der Waals surface area contributed by atoms with Gasteiger partial charge < -0.3 is 20.7 Å². The zero-order chi connectivity index (χ0) is 18.5. The molecule has 3 atom stereocenters. The number of anilines is 1. The van der Waals surface area contributed by atoms with Gasteiger partial charge in [0, 0.05) is 17.8 Å². The largest absolute Gasteiger partial charge is 0.462 e. The van der Waals surface area contributed by atoms with Gasteiger partial charge in [-0.05, 0) is 44.0 Å². The second-order valence-electron chi connectivity index (χ2n) is 6.78. The van der Waals surface area contributed by atoms with Crippen LogP contribution in [0.3, 0.4) is 0 Å². The van der Waals surface area contributed by atoms with E-state index in [2.05, 4.69) is 16.0 Å². The fraction of sp³-hybridized carbons (Fsp3) is 0.526. The van der Waals surface area contributed by atoms with Crippen LogP contribution in [0.4, 0.5) is 5.69 Å². The number of amides is 2. The molecule has 0 aromatic heterocycles. The molecule has 0 radical (unpaired) electrons. The lowest BCUT2D eigenvalue weighted by Gasteiger charge is -2.40. The van der Waals surface area contributed by atoms with Gasteiger partial charge in [0.1, 0.15) is 0 Å². The monoisotopic (exact) mass is 359 g/mol. The van der Waals surface area contributed by atoms with E-state index >= 15 is 0 Å². The minimum atomic E-state index is -0.506. The third-order valence-corrected chi connectivity index (χ3v) is 4.89. The Labute approximate surface area is 152 Å². The molecule has 0 spiro atoms. The summed E-state index contributed by atoms with van der Waals surface area (Å²) in [5, 5.41) is 9.13. The Morgan fingerprint density at radius 1 is 1.15 bits per heavy atom. The molecule has 1 aliphatic heterocycles. The van der Waals surface area contributed by atoms with Gasteiger partial charge in [-0.25, -0.2) is 4.79 Å². The van der Waals surface area contributed by atoms with E-state index in [1.807, 2.05) is 0 Å². The van der Waals surface area contributed by atoms with Crippen molar-refractivity contribution in [2.24, 2.45) is 0 Å². The Morgan fingerprint density at radius 2 is 1.85 bits per heavy atom. The molecule has 3 rings (SSSR count). The summed E-state index contributed by atoms with van der Waals surface area (Å²) in [6, 6.07) is 6.44. The van der Waals surface area contributed by atoms with Crippen LogP contribution in [-0.4, -0.2) is 42.5 Å². The maximum absolute atomic E-state index is 12.3. The van der Waals surface area contributed by atoms with Crippen LogP contribution >= 0.6 is 0 Å². The van der Waals surface area contributed by atoms with E-state index in [1.54, 1.807) is 31.2 Å². The zero-order valence-electron chi connectivity index (χ0n) is 14.9. The first-order chi connectivity index (χ1) is 12.6. The zero-order valence-corrected chi connectivity index (χ0v) is 14.9. The molecule has 0 unspecified atom stereocenters. The maximum Gasteiger partial charge on any atom is 0.338 e. The topological polar surface area (TPSA) is 96.5 Å². The molecule has 2 aliphatic rings. The molecule has 26 heavy (non-hydrogen) atoms. The summed E-state index contributed by atoms with van der Waals surface area (Å²) >= 11 is 0. The van der Waals surface area contributed by atoms with E-state index in [0.29, 0.717) is 17.9 Å². The predicted molar refractivity (Wildman–Crippen MR) is 96.8 cm³/mol. The summed E-state index contributed by atoms with van der Waals surface area (Å²) in [5.41, 5.74) is 1.01. The van der Waals surface area contributed by atoms with Gasteiger partial charge in [-0.2, -0.15) is 0 Å². The van der Waals surface area contributed by atoms with Crippen molar-refractivity contribution in [2.45, 2.75) is 57.2 Å². The molecule has 1 aliphatic carbocycles. The van der Waals surface area contributed by atoms with Crippen molar-refractivity contribution in [1.29, 1.82) is 0 Å². The third-order valence-electron chi connectivity index (χ3n) is 4.89. The first kappa shape index (κ1) is 18.4. The Bertz CT molecular complexity index is 674. The Balaban J connectivity index is 1.53. The summed E-state index contributed by atoms with van der Waals surface area (Å²) < 4.78 is 4.93. The number of esters is 1. The van der Waals surface area contributed by atoms with Crippen LogP contribution in [0.2, 0.25) is 0 Å². The van der Waals surface area contributed by atoms with Crippen molar-refractivity contribution in [3.8, 4) is 0 Å². The highest BCUT2D eigenvalue weighted by atomic mass is 16.5. The quantitative estimate of drug-likeness (QED) is 0.694. The van der Waals surface area contributed by atoms with E-state index in [-0.39, 0.29) is 30.3 Å². The van der Waals surface area contributed by atoms with E-state index < -0.39 is 12.0 Å². The van der Waals surface area contributed by atoms with Crippen molar-refractivity contribution >= 4 is 23.5 Å². The molecule has 3 N–H and O–H groups in total. The van der Waals surface area contributed by atoms with Crippen molar-refractivity contribution < 1.29 is 19.1 Å². The van der Waals surface area contributed by atoms with Crippen LogP contribution < -0.4 is 16.0 Å². The van der Waals surface area contributed by atoms with Crippen LogP contribution in [-0.2, 0) is 14.3 Å². The Kier molecular flexibility index (Phi) is 5.88.